The molecule has 1 fully saturated rings. The first-order chi connectivity index (χ1) is 14.6. The summed E-state index contributed by atoms with van der Waals surface area (Å²) in [7, 11) is 1.69. The molecule has 0 aliphatic carbocycles. The minimum atomic E-state index is 0.169. The number of guanidine groups is 1. The molecule has 0 saturated carbocycles. The van der Waals surface area contributed by atoms with Crippen LogP contribution in [0.5, 0.6) is 5.75 Å². The summed E-state index contributed by atoms with van der Waals surface area (Å²) in [5, 5.41) is 6.87. The lowest BCUT2D eigenvalue weighted by atomic mass is 10.1. The largest absolute Gasteiger partial charge is 0.491 e. The summed E-state index contributed by atoms with van der Waals surface area (Å²) in [4.78, 5) is 7.36. The van der Waals surface area contributed by atoms with Crippen LogP contribution in [0.25, 0.3) is 0 Å². The molecule has 0 bridgehead atoms. The van der Waals surface area contributed by atoms with E-state index in [1.807, 2.05) is 38.1 Å². The third-order valence-electron chi connectivity index (χ3n) is 5.00. The van der Waals surface area contributed by atoms with E-state index in [0.717, 1.165) is 50.0 Å². The van der Waals surface area contributed by atoms with Crippen molar-refractivity contribution in [2.24, 2.45) is 10.9 Å². The lowest BCUT2D eigenvalue weighted by Gasteiger charge is -2.16. The summed E-state index contributed by atoms with van der Waals surface area (Å²) < 4.78 is 16.3. The van der Waals surface area contributed by atoms with E-state index >= 15 is 0 Å². The fraction of sp³-hybridized carbons (Fsp3) is 0.696. The normalized spacial score (nSPS) is 17.5. The zero-order valence-corrected chi connectivity index (χ0v) is 19.2. The Kier molecular flexibility index (Phi) is 11.6. The predicted octanol–water partition coefficient (Wildman–Crippen LogP) is 3.23. The van der Waals surface area contributed by atoms with Crippen LogP contribution in [0.3, 0.4) is 0 Å². The van der Waals surface area contributed by atoms with E-state index in [0.29, 0.717) is 25.7 Å². The quantitative estimate of drug-likeness (QED) is 0.290. The number of hydrogen-bond donors (Lipinski definition) is 2. The minimum Gasteiger partial charge on any atom is -0.491 e. The van der Waals surface area contributed by atoms with Gasteiger partial charge in [-0.15, -0.1) is 0 Å². The fourth-order valence-electron chi connectivity index (χ4n) is 3.36. The molecule has 0 amide bonds. The van der Waals surface area contributed by atoms with Crippen molar-refractivity contribution >= 4 is 11.6 Å². The first kappa shape index (κ1) is 24.4. The van der Waals surface area contributed by atoms with Gasteiger partial charge in [-0.05, 0) is 70.0 Å². The van der Waals surface area contributed by atoms with E-state index in [4.69, 9.17) is 19.2 Å². The van der Waals surface area contributed by atoms with Gasteiger partial charge in [0.1, 0.15) is 5.75 Å². The van der Waals surface area contributed by atoms with Gasteiger partial charge in [0, 0.05) is 39.0 Å². The van der Waals surface area contributed by atoms with Gasteiger partial charge in [0.15, 0.2) is 5.96 Å². The maximum Gasteiger partial charge on any atom is 0.195 e. The van der Waals surface area contributed by atoms with Crippen LogP contribution in [0.2, 0.25) is 0 Å². The van der Waals surface area contributed by atoms with Crippen molar-refractivity contribution in [1.29, 1.82) is 0 Å². The first-order valence-corrected chi connectivity index (χ1v) is 11.2. The van der Waals surface area contributed by atoms with Crippen LogP contribution in [0, 0.1) is 5.92 Å². The van der Waals surface area contributed by atoms with E-state index in [9.17, 15) is 0 Å². The number of likely N-dealkylation sites (tertiary alicyclic amines) is 1. The number of aliphatic imine (C=N–C) groups is 1. The molecule has 7 nitrogen and oxygen atoms in total. The Morgan fingerprint density at radius 1 is 1.20 bits per heavy atom. The van der Waals surface area contributed by atoms with Crippen molar-refractivity contribution in [3.63, 3.8) is 0 Å². The molecule has 2 rings (SSSR count). The van der Waals surface area contributed by atoms with Gasteiger partial charge in [0.25, 0.3) is 0 Å². The summed E-state index contributed by atoms with van der Waals surface area (Å²) in [5.74, 6) is 2.32. The van der Waals surface area contributed by atoms with Crippen molar-refractivity contribution in [3.8, 4) is 5.75 Å². The monoisotopic (exact) mass is 420 g/mol. The van der Waals surface area contributed by atoms with Crippen LogP contribution in [0.4, 0.5) is 5.69 Å². The van der Waals surface area contributed by atoms with Gasteiger partial charge in [0.05, 0.1) is 19.3 Å². The molecule has 1 aromatic rings. The zero-order chi connectivity index (χ0) is 21.6. The number of rotatable bonds is 13. The maximum absolute atomic E-state index is 5.73. The number of benzene rings is 1. The van der Waals surface area contributed by atoms with Crippen molar-refractivity contribution in [2.75, 3.05) is 65.0 Å². The lowest BCUT2D eigenvalue weighted by Crippen LogP contribution is -2.33. The Labute approximate surface area is 182 Å². The molecule has 1 aromatic carbocycles. The van der Waals surface area contributed by atoms with Crippen LogP contribution >= 0.6 is 0 Å². The van der Waals surface area contributed by atoms with Crippen molar-refractivity contribution in [1.82, 2.24) is 10.2 Å². The second kappa shape index (κ2) is 14.2. The van der Waals surface area contributed by atoms with E-state index in [2.05, 4.69) is 22.5 Å². The highest BCUT2D eigenvalue weighted by atomic mass is 16.5. The number of anilines is 1. The molecular weight excluding hydrogens is 380 g/mol. The van der Waals surface area contributed by atoms with Gasteiger partial charge in [-0.3, -0.25) is 4.99 Å². The maximum atomic E-state index is 5.73. The molecule has 1 atom stereocenters. The van der Waals surface area contributed by atoms with Crippen LogP contribution in [-0.2, 0) is 9.47 Å². The molecule has 30 heavy (non-hydrogen) atoms. The topological polar surface area (TPSA) is 67.4 Å². The second-order valence-corrected chi connectivity index (χ2v) is 7.94. The molecule has 1 heterocycles. The van der Waals surface area contributed by atoms with Gasteiger partial charge in [-0.1, -0.05) is 6.92 Å². The smallest absolute Gasteiger partial charge is 0.195 e. The molecule has 2 N–H and O–H groups in total. The Morgan fingerprint density at radius 3 is 2.67 bits per heavy atom. The summed E-state index contributed by atoms with van der Waals surface area (Å²) in [6.45, 7) is 13.3. The number of methoxy groups -OCH3 is 1. The SMILES string of the molecule is CCN1CCC(CN=C(NCCCOCCOC)Nc2ccc(OC(C)C)cc2)C1. The molecule has 170 valence electrons. The Balaban J connectivity index is 1.86. The first-order valence-electron chi connectivity index (χ1n) is 11.2. The van der Waals surface area contributed by atoms with E-state index in [1.54, 1.807) is 7.11 Å². The van der Waals surface area contributed by atoms with E-state index in [1.165, 1.54) is 13.0 Å². The molecule has 0 radical (unpaired) electrons. The Hall–Kier alpha value is -1.83. The van der Waals surface area contributed by atoms with Crippen molar-refractivity contribution in [2.45, 2.75) is 39.7 Å². The number of ether oxygens (including phenoxy) is 3. The molecule has 0 aromatic heterocycles. The second-order valence-electron chi connectivity index (χ2n) is 7.94. The van der Waals surface area contributed by atoms with Crippen LogP contribution in [0.15, 0.2) is 29.3 Å². The van der Waals surface area contributed by atoms with Gasteiger partial charge in [-0.2, -0.15) is 0 Å². The molecule has 1 unspecified atom stereocenters. The number of hydrogen-bond acceptors (Lipinski definition) is 5. The van der Waals surface area contributed by atoms with Gasteiger partial charge in [0.2, 0.25) is 0 Å². The molecule has 1 saturated heterocycles. The molecule has 1 aliphatic rings. The highest BCUT2D eigenvalue weighted by Crippen LogP contribution is 2.18. The fourth-order valence-corrected chi connectivity index (χ4v) is 3.36. The molecule has 7 heteroatoms. The van der Waals surface area contributed by atoms with Crippen molar-refractivity contribution in [3.05, 3.63) is 24.3 Å². The average molecular weight is 421 g/mol. The summed E-state index contributed by atoms with van der Waals surface area (Å²) in [5.41, 5.74) is 0.996. The summed E-state index contributed by atoms with van der Waals surface area (Å²) >= 11 is 0. The third kappa shape index (κ3) is 9.78. The van der Waals surface area contributed by atoms with Crippen LogP contribution in [0.1, 0.15) is 33.6 Å². The van der Waals surface area contributed by atoms with Gasteiger partial charge < -0.3 is 29.7 Å². The third-order valence-corrected chi connectivity index (χ3v) is 5.00. The number of nitrogens with zero attached hydrogens (tertiary/aromatic N) is 2. The Morgan fingerprint density at radius 2 is 2.00 bits per heavy atom. The Bertz CT molecular complexity index is 607. The van der Waals surface area contributed by atoms with Crippen LogP contribution in [-0.4, -0.2) is 76.6 Å². The molecular formula is C23H40N4O3. The predicted molar refractivity (Wildman–Crippen MR) is 124 cm³/mol. The summed E-state index contributed by atoms with van der Waals surface area (Å²) in [6, 6.07) is 8.02. The zero-order valence-electron chi connectivity index (χ0n) is 19.2. The summed E-state index contributed by atoms with van der Waals surface area (Å²) in [6.07, 6.45) is 2.31. The van der Waals surface area contributed by atoms with Crippen LogP contribution < -0.4 is 15.4 Å². The molecule has 1 aliphatic heterocycles. The highest BCUT2D eigenvalue weighted by Gasteiger charge is 2.20. The standard InChI is InChI=1S/C23H40N4O3/c1-5-27-13-11-20(18-27)17-25-23(24-12-6-14-29-16-15-28-4)26-21-7-9-22(10-8-21)30-19(2)3/h7-10,19-20H,5-6,11-18H2,1-4H3,(H2,24,25,26). The van der Waals surface area contributed by atoms with Crippen molar-refractivity contribution < 1.29 is 14.2 Å². The minimum absolute atomic E-state index is 0.169. The van der Waals surface area contributed by atoms with E-state index < -0.39 is 0 Å². The van der Waals surface area contributed by atoms with E-state index in [-0.39, 0.29) is 6.10 Å². The number of nitrogens with one attached hydrogen (secondary N) is 2. The molecule has 0 spiro atoms. The lowest BCUT2D eigenvalue weighted by molar-refractivity contribution is 0.0699. The van der Waals surface area contributed by atoms with Gasteiger partial charge in [-0.25, -0.2) is 0 Å². The van der Waals surface area contributed by atoms with Gasteiger partial charge >= 0.3 is 0 Å². The highest BCUT2D eigenvalue weighted by molar-refractivity contribution is 5.93. The average Bonchev–Trinajstić information content (AvgIpc) is 3.20.